The van der Waals surface area contributed by atoms with E-state index < -0.39 is 6.04 Å². The minimum Gasteiger partial charge on any atom is -0.326 e. The van der Waals surface area contributed by atoms with Gasteiger partial charge in [-0.15, -0.1) is 0 Å². The Balaban J connectivity index is 2.26. The molecule has 1 aromatic rings. The summed E-state index contributed by atoms with van der Waals surface area (Å²) in [6, 6.07) is 5.04. The molecule has 0 saturated carbocycles. The van der Waals surface area contributed by atoms with Crippen molar-refractivity contribution in [1.82, 2.24) is 0 Å². The van der Waals surface area contributed by atoms with Gasteiger partial charge in [-0.2, -0.15) is 0 Å². The summed E-state index contributed by atoms with van der Waals surface area (Å²) in [7, 11) is 1.70. The van der Waals surface area contributed by atoms with Crippen LogP contribution in [0.15, 0.2) is 18.2 Å². The first-order chi connectivity index (χ1) is 8.49. The second-order valence-electron chi connectivity index (χ2n) is 4.58. The SMILES string of the molecule is CC(N)C(=O)N(C)c1ccc2c(c1)CCC(=O)N2. The van der Waals surface area contributed by atoms with E-state index in [0.29, 0.717) is 12.8 Å². The van der Waals surface area contributed by atoms with Gasteiger partial charge in [0.25, 0.3) is 0 Å². The number of fused-ring (bicyclic) bond motifs is 1. The summed E-state index contributed by atoms with van der Waals surface area (Å²) in [5, 5.41) is 2.81. The Bertz CT molecular complexity index is 497. The highest BCUT2D eigenvalue weighted by atomic mass is 16.2. The highest BCUT2D eigenvalue weighted by molar-refractivity contribution is 5.98. The molecule has 2 rings (SSSR count). The van der Waals surface area contributed by atoms with Gasteiger partial charge in [0.05, 0.1) is 6.04 Å². The molecule has 5 nitrogen and oxygen atoms in total. The molecule has 1 atom stereocenters. The van der Waals surface area contributed by atoms with Crippen LogP contribution in [0.25, 0.3) is 0 Å². The first-order valence-electron chi connectivity index (χ1n) is 5.95. The Morgan fingerprint density at radius 2 is 2.17 bits per heavy atom. The number of rotatable bonds is 2. The fraction of sp³-hybridized carbons (Fsp3) is 0.385. The van der Waals surface area contributed by atoms with Crippen LogP contribution in [0.2, 0.25) is 0 Å². The number of likely N-dealkylation sites (N-methyl/N-ethyl adjacent to an activating group) is 1. The van der Waals surface area contributed by atoms with Gasteiger partial charge in [0.2, 0.25) is 11.8 Å². The zero-order valence-electron chi connectivity index (χ0n) is 10.6. The van der Waals surface area contributed by atoms with Crippen molar-refractivity contribution < 1.29 is 9.59 Å². The first-order valence-corrected chi connectivity index (χ1v) is 5.95. The van der Waals surface area contributed by atoms with Crippen LogP contribution in [-0.4, -0.2) is 24.9 Å². The number of nitrogens with one attached hydrogen (secondary N) is 1. The molecule has 1 heterocycles. The molecule has 96 valence electrons. The maximum atomic E-state index is 11.8. The average Bonchev–Trinajstić information content (AvgIpc) is 2.36. The standard InChI is InChI=1S/C13H17N3O2/c1-8(14)13(18)16(2)10-4-5-11-9(7-10)3-6-12(17)15-11/h4-5,7-8H,3,6,14H2,1-2H3,(H,15,17). The second-order valence-corrected chi connectivity index (χ2v) is 4.58. The van der Waals surface area contributed by atoms with E-state index in [1.165, 1.54) is 0 Å². The number of nitrogens with two attached hydrogens (primary N) is 1. The maximum absolute atomic E-state index is 11.8. The number of anilines is 2. The zero-order chi connectivity index (χ0) is 13.3. The number of aryl methyl sites for hydroxylation is 1. The number of carbonyl (C=O) groups is 2. The lowest BCUT2D eigenvalue weighted by Crippen LogP contribution is -2.39. The third-order valence-electron chi connectivity index (χ3n) is 3.09. The van der Waals surface area contributed by atoms with Crippen LogP contribution in [0.5, 0.6) is 0 Å². The van der Waals surface area contributed by atoms with E-state index in [4.69, 9.17) is 5.73 Å². The predicted molar refractivity (Wildman–Crippen MR) is 70.5 cm³/mol. The summed E-state index contributed by atoms with van der Waals surface area (Å²) < 4.78 is 0. The third kappa shape index (κ3) is 2.36. The van der Waals surface area contributed by atoms with Gasteiger partial charge in [0.15, 0.2) is 0 Å². The molecule has 0 aromatic heterocycles. The maximum Gasteiger partial charge on any atom is 0.243 e. The van der Waals surface area contributed by atoms with E-state index in [2.05, 4.69) is 5.32 Å². The number of hydrogen-bond donors (Lipinski definition) is 2. The molecule has 0 bridgehead atoms. The van der Waals surface area contributed by atoms with Crippen molar-refractivity contribution in [3.63, 3.8) is 0 Å². The molecule has 0 aliphatic carbocycles. The highest BCUT2D eigenvalue weighted by Gasteiger charge is 2.19. The zero-order valence-corrected chi connectivity index (χ0v) is 10.6. The summed E-state index contributed by atoms with van der Waals surface area (Å²) in [4.78, 5) is 24.6. The lowest BCUT2D eigenvalue weighted by molar-refractivity contribution is -0.119. The van der Waals surface area contributed by atoms with Gasteiger partial charge < -0.3 is 16.0 Å². The second kappa shape index (κ2) is 4.78. The molecule has 3 N–H and O–H groups in total. The number of amides is 2. The van der Waals surface area contributed by atoms with Crippen LogP contribution < -0.4 is 16.0 Å². The highest BCUT2D eigenvalue weighted by Crippen LogP contribution is 2.27. The van der Waals surface area contributed by atoms with Crippen molar-refractivity contribution in [2.45, 2.75) is 25.8 Å². The molecule has 5 heteroatoms. The van der Waals surface area contributed by atoms with Gasteiger partial charge in [-0.1, -0.05) is 0 Å². The number of carbonyl (C=O) groups excluding carboxylic acids is 2. The van der Waals surface area contributed by atoms with Crippen LogP contribution in [0.4, 0.5) is 11.4 Å². The Kier molecular flexibility index (Phi) is 3.34. The van der Waals surface area contributed by atoms with Gasteiger partial charge in [-0.25, -0.2) is 0 Å². The quantitative estimate of drug-likeness (QED) is 0.814. The fourth-order valence-corrected chi connectivity index (χ4v) is 2.01. The van der Waals surface area contributed by atoms with Crippen molar-refractivity contribution in [2.75, 3.05) is 17.3 Å². The molecular formula is C13H17N3O2. The summed E-state index contributed by atoms with van der Waals surface area (Å²) in [5.41, 5.74) is 8.26. The summed E-state index contributed by atoms with van der Waals surface area (Å²) in [5.74, 6) is -0.0925. The third-order valence-corrected chi connectivity index (χ3v) is 3.09. The van der Waals surface area contributed by atoms with Gasteiger partial charge >= 0.3 is 0 Å². The Morgan fingerprint density at radius 1 is 1.44 bits per heavy atom. The minimum atomic E-state index is -0.522. The molecule has 2 amide bonds. The monoisotopic (exact) mass is 247 g/mol. The van der Waals surface area contributed by atoms with E-state index in [1.807, 2.05) is 18.2 Å². The van der Waals surface area contributed by atoms with E-state index in [1.54, 1.807) is 18.9 Å². The molecule has 0 saturated heterocycles. The average molecular weight is 247 g/mol. The van der Waals surface area contributed by atoms with Gasteiger partial charge in [0.1, 0.15) is 0 Å². The van der Waals surface area contributed by atoms with Crippen LogP contribution in [0.1, 0.15) is 18.9 Å². The van der Waals surface area contributed by atoms with E-state index in [0.717, 1.165) is 16.9 Å². The lowest BCUT2D eigenvalue weighted by Gasteiger charge is -2.23. The Hall–Kier alpha value is -1.88. The normalized spacial score (nSPS) is 15.6. The number of benzene rings is 1. The topological polar surface area (TPSA) is 75.4 Å². The minimum absolute atomic E-state index is 0.0373. The molecular weight excluding hydrogens is 230 g/mol. The van der Waals surface area contributed by atoms with E-state index >= 15 is 0 Å². The summed E-state index contributed by atoms with van der Waals surface area (Å²) >= 11 is 0. The molecule has 0 fully saturated rings. The first kappa shape index (κ1) is 12.6. The van der Waals surface area contributed by atoms with Gasteiger partial charge in [0, 0.05) is 24.8 Å². The van der Waals surface area contributed by atoms with Crippen LogP contribution in [-0.2, 0) is 16.0 Å². The van der Waals surface area contributed by atoms with Crippen LogP contribution in [0, 0.1) is 0 Å². The Labute approximate surface area is 106 Å². The van der Waals surface area contributed by atoms with Gasteiger partial charge in [-0.3, -0.25) is 9.59 Å². The fourth-order valence-electron chi connectivity index (χ4n) is 2.01. The Morgan fingerprint density at radius 3 is 2.83 bits per heavy atom. The largest absolute Gasteiger partial charge is 0.326 e. The van der Waals surface area contributed by atoms with E-state index in [-0.39, 0.29) is 11.8 Å². The molecule has 1 unspecified atom stereocenters. The lowest BCUT2D eigenvalue weighted by atomic mass is 10.0. The van der Waals surface area contributed by atoms with Crippen molar-refractivity contribution in [3.8, 4) is 0 Å². The van der Waals surface area contributed by atoms with Gasteiger partial charge in [-0.05, 0) is 37.1 Å². The van der Waals surface area contributed by atoms with Crippen molar-refractivity contribution >= 4 is 23.2 Å². The van der Waals surface area contributed by atoms with Crippen LogP contribution in [0.3, 0.4) is 0 Å². The predicted octanol–water partition coefficient (Wildman–Crippen LogP) is 0.881. The number of nitrogens with zero attached hydrogens (tertiary/aromatic N) is 1. The number of hydrogen-bond acceptors (Lipinski definition) is 3. The van der Waals surface area contributed by atoms with Crippen molar-refractivity contribution in [2.24, 2.45) is 5.73 Å². The molecule has 0 spiro atoms. The molecule has 1 aliphatic heterocycles. The summed E-state index contributed by atoms with van der Waals surface area (Å²) in [6.45, 7) is 1.66. The van der Waals surface area contributed by atoms with Crippen LogP contribution >= 0.6 is 0 Å². The van der Waals surface area contributed by atoms with Crippen molar-refractivity contribution in [3.05, 3.63) is 23.8 Å². The smallest absolute Gasteiger partial charge is 0.243 e. The van der Waals surface area contributed by atoms with E-state index in [9.17, 15) is 9.59 Å². The molecule has 1 aromatic carbocycles. The summed E-state index contributed by atoms with van der Waals surface area (Å²) in [6.07, 6.45) is 1.19. The molecule has 0 radical (unpaired) electrons. The molecule has 1 aliphatic rings. The molecule has 18 heavy (non-hydrogen) atoms. The van der Waals surface area contributed by atoms with Crippen molar-refractivity contribution in [1.29, 1.82) is 0 Å².